The van der Waals surface area contributed by atoms with Crippen molar-refractivity contribution in [3.63, 3.8) is 0 Å². The van der Waals surface area contributed by atoms with E-state index in [2.05, 4.69) is 25.2 Å². The Balaban J connectivity index is 1.56. The summed E-state index contributed by atoms with van der Waals surface area (Å²) in [7, 11) is -1.90. The van der Waals surface area contributed by atoms with Gasteiger partial charge in [0.2, 0.25) is 21.7 Å². The van der Waals surface area contributed by atoms with Gasteiger partial charge in [-0.15, -0.1) is 5.10 Å². The zero-order valence-corrected chi connectivity index (χ0v) is 16.3. The molecule has 0 aliphatic carbocycles. The van der Waals surface area contributed by atoms with Gasteiger partial charge in [-0.2, -0.15) is 9.71 Å². The van der Waals surface area contributed by atoms with Crippen LogP contribution in [0.25, 0.3) is 22.4 Å². The van der Waals surface area contributed by atoms with Crippen molar-refractivity contribution < 1.29 is 12.9 Å². The minimum atomic E-state index is -3.70. The minimum Gasteiger partial charge on any atom is -0.337 e. The summed E-state index contributed by atoms with van der Waals surface area (Å²) in [6.45, 7) is 3.54. The Kier molecular flexibility index (Phi) is 4.44. The number of fused-ring (bicyclic) bond motifs is 1. The summed E-state index contributed by atoms with van der Waals surface area (Å²) in [4.78, 5) is 4.50. The second-order valence-electron chi connectivity index (χ2n) is 6.53. The molecule has 144 valence electrons. The van der Waals surface area contributed by atoms with Crippen molar-refractivity contribution in [3.8, 4) is 11.4 Å². The standard InChI is InChI=1S/C18H18N6O3S/c1-11-4-7-14(8-5-11)28(25,26)22-12(2)18-19-17(21-27-18)13-6-9-16-15(10-13)20-23-24(16)3/h4-10,12,22H,1-3H3. The van der Waals surface area contributed by atoms with Crippen LogP contribution in [0.1, 0.15) is 24.4 Å². The number of sulfonamides is 1. The number of aryl methyl sites for hydroxylation is 2. The molecule has 0 aliphatic rings. The molecule has 9 nitrogen and oxygen atoms in total. The molecule has 10 heteroatoms. The molecule has 0 bridgehead atoms. The second kappa shape index (κ2) is 6.80. The Labute approximate surface area is 161 Å². The van der Waals surface area contributed by atoms with E-state index in [1.165, 1.54) is 0 Å². The van der Waals surface area contributed by atoms with Crippen LogP contribution in [0.4, 0.5) is 0 Å². The van der Waals surface area contributed by atoms with Crippen LogP contribution in [0.15, 0.2) is 51.9 Å². The van der Waals surface area contributed by atoms with Gasteiger partial charge in [0.1, 0.15) is 5.52 Å². The molecule has 0 amide bonds. The number of hydrogen-bond acceptors (Lipinski definition) is 7. The number of rotatable bonds is 5. The average Bonchev–Trinajstić information content (AvgIpc) is 3.29. The Morgan fingerprint density at radius 2 is 1.89 bits per heavy atom. The van der Waals surface area contributed by atoms with Crippen LogP contribution in [-0.4, -0.2) is 33.6 Å². The van der Waals surface area contributed by atoms with E-state index in [1.807, 2.05) is 26.1 Å². The third kappa shape index (κ3) is 3.39. The quantitative estimate of drug-likeness (QED) is 0.548. The fourth-order valence-electron chi connectivity index (χ4n) is 2.78. The van der Waals surface area contributed by atoms with E-state index >= 15 is 0 Å². The third-order valence-electron chi connectivity index (χ3n) is 4.34. The molecule has 1 unspecified atom stereocenters. The molecule has 4 aromatic rings. The summed E-state index contributed by atoms with van der Waals surface area (Å²) in [6, 6.07) is 11.4. The smallest absolute Gasteiger partial charge is 0.244 e. The average molecular weight is 398 g/mol. The Hall–Kier alpha value is -3.11. The first-order valence-electron chi connectivity index (χ1n) is 8.56. The largest absolute Gasteiger partial charge is 0.337 e. The van der Waals surface area contributed by atoms with Gasteiger partial charge in [0.05, 0.1) is 16.5 Å². The summed E-state index contributed by atoms with van der Waals surface area (Å²) in [5.41, 5.74) is 3.27. The van der Waals surface area contributed by atoms with Gasteiger partial charge >= 0.3 is 0 Å². The number of nitrogens with one attached hydrogen (secondary N) is 1. The monoisotopic (exact) mass is 398 g/mol. The van der Waals surface area contributed by atoms with Crippen molar-refractivity contribution in [2.45, 2.75) is 24.8 Å². The first-order chi connectivity index (χ1) is 13.3. The molecule has 0 radical (unpaired) electrons. The first kappa shape index (κ1) is 18.3. The molecular weight excluding hydrogens is 380 g/mol. The number of benzene rings is 2. The van der Waals surface area contributed by atoms with Crippen molar-refractivity contribution >= 4 is 21.1 Å². The molecule has 2 heterocycles. The maximum absolute atomic E-state index is 12.5. The lowest BCUT2D eigenvalue weighted by molar-refractivity contribution is 0.354. The molecule has 4 rings (SSSR count). The lowest BCUT2D eigenvalue weighted by Gasteiger charge is -2.10. The van der Waals surface area contributed by atoms with Crippen molar-refractivity contribution in [2.24, 2.45) is 7.05 Å². The zero-order valence-electron chi connectivity index (χ0n) is 15.5. The summed E-state index contributed by atoms with van der Waals surface area (Å²) >= 11 is 0. The molecule has 0 saturated heterocycles. The summed E-state index contributed by atoms with van der Waals surface area (Å²) in [5.74, 6) is 0.522. The highest BCUT2D eigenvalue weighted by molar-refractivity contribution is 7.89. The molecule has 28 heavy (non-hydrogen) atoms. The fourth-order valence-corrected chi connectivity index (χ4v) is 3.97. The molecule has 0 spiro atoms. The van der Waals surface area contributed by atoms with E-state index in [0.717, 1.165) is 11.1 Å². The van der Waals surface area contributed by atoms with Crippen molar-refractivity contribution in [3.05, 3.63) is 53.9 Å². The second-order valence-corrected chi connectivity index (χ2v) is 8.24. The number of hydrogen-bond donors (Lipinski definition) is 1. The highest BCUT2D eigenvalue weighted by Crippen LogP contribution is 2.23. The van der Waals surface area contributed by atoms with Gasteiger partial charge < -0.3 is 4.52 Å². The van der Waals surface area contributed by atoms with Crippen LogP contribution in [0, 0.1) is 6.92 Å². The van der Waals surface area contributed by atoms with Crippen molar-refractivity contribution in [2.75, 3.05) is 0 Å². The Morgan fingerprint density at radius 3 is 2.64 bits per heavy atom. The SMILES string of the molecule is Cc1ccc(S(=O)(=O)NC(C)c2nc(-c3ccc4c(c3)nnn4C)no2)cc1. The predicted octanol–water partition coefficient (Wildman–Crippen LogP) is 2.37. The van der Waals surface area contributed by atoms with Crippen LogP contribution < -0.4 is 4.72 Å². The maximum atomic E-state index is 12.5. The third-order valence-corrected chi connectivity index (χ3v) is 5.90. The van der Waals surface area contributed by atoms with Crippen LogP contribution in [0.2, 0.25) is 0 Å². The van der Waals surface area contributed by atoms with E-state index in [9.17, 15) is 8.42 Å². The summed E-state index contributed by atoms with van der Waals surface area (Å²) in [6.07, 6.45) is 0. The molecule has 2 aromatic carbocycles. The maximum Gasteiger partial charge on any atom is 0.244 e. The fraction of sp³-hybridized carbons (Fsp3) is 0.222. The molecule has 0 aliphatic heterocycles. The van der Waals surface area contributed by atoms with Crippen LogP contribution in [-0.2, 0) is 17.1 Å². The predicted molar refractivity (Wildman–Crippen MR) is 102 cm³/mol. The minimum absolute atomic E-state index is 0.171. The van der Waals surface area contributed by atoms with E-state index in [1.54, 1.807) is 41.9 Å². The van der Waals surface area contributed by atoms with E-state index in [4.69, 9.17) is 4.52 Å². The number of nitrogens with zero attached hydrogens (tertiary/aromatic N) is 5. The van der Waals surface area contributed by atoms with E-state index in [0.29, 0.717) is 16.9 Å². The summed E-state index contributed by atoms with van der Waals surface area (Å²) in [5, 5.41) is 12.0. The highest BCUT2D eigenvalue weighted by atomic mass is 32.2. The highest BCUT2D eigenvalue weighted by Gasteiger charge is 2.23. The normalized spacial score (nSPS) is 13.1. The summed E-state index contributed by atoms with van der Waals surface area (Å²) < 4.78 is 34.6. The molecule has 0 fully saturated rings. The van der Waals surface area contributed by atoms with Crippen molar-refractivity contribution in [1.29, 1.82) is 0 Å². The van der Waals surface area contributed by atoms with Crippen LogP contribution in [0.5, 0.6) is 0 Å². The van der Waals surface area contributed by atoms with E-state index in [-0.39, 0.29) is 10.8 Å². The Bertz CT molecular complexity index is 1240. The van der Waals surface area contributed by atoms with Gasteiger partial charge in [0.25, 0.3) is 0 Å². The van der Waals surface area contributed by atoms with Gasteiger partial charge in [-0.3, -0.25) is 0 Å². The molecule has 2 aromatic heterocycles. The topological polar surface area (TPSA) is 116 Å². The van der Waals surface area contributed by atoms with Gasteiger partial charge in [-0.1, -0.05) is 28.1 Å². The van der Waals surface area contributed by atoms with Gasteiger partial charge in [0.15, 0.2) is 0 Å². The van der Waals surface area contributed by atoms with Crippen LogP contribution in [0.3, 0.4) is 0 Å². The van der Waals surface area contributed by atoms with Gasteiger partial charge in [-0.05, 0) is 44.2 Å². The Morgan fingerprint density at radius 1 is 1.14 bits per heavy atom. The lowest BCUT2D eigenvalue weighted by Crippen LogP contribution is -2.27. The molecule has 1 atom stereocenters. The molecule has 1 N–H and O–H groups in total. The number of aromatic nitrogens is 5. The first-order valence-corrected chi connectivity index (χ1v) is 10.0. The molecule has 0 saturated carbocycles. The lowest BCUT2D eigenvalue weighted by atomic mass is 10.2. The van der Waals surface area contributed by atoms with Gasteiger partial charge in [-0.25, -0.2) is 13.1 Å². The van der Waals surface area contributed by atoms with E-state index < -0.39 is 16.1 Å². The van der Waals surface area contributed by atoms with Crippen molar-refractivity contribution in [1.82, 2.24) is 29.9 Å². The van der Waals surface area contributed by atoms with Gasteiger partial charge in [0, 0.05) is 12.6 Å². The zero-order chi connectivity index (χ0) is 19.9. The molecular formula is C18H18N6O3S. The van der Waals surface area contributed by atoms with Crippen LogP contribution >= 0.6 is 0 Å².